The summed E-state index contributed by atoms with van der Waals surface area (Å²) in [5, 5.41) is 23.1. The van der Waals surface area contributed by atoms with Crippen LogP contribution < -0.4 is 0 Å². The van der Waals surface area contributed by atoms with Crippen LogP contribution in [0.5, 0.6) is 0 Å². The predicted molar refractivity (Wildman–Crippen MR) is 120 cm³/mol. The molecule has 3 rings (SSSR count). The van der Waals surface area contributed by atoms with Gasteiger partial charge in [-0.05, 0) is 48.5 Å². The van der Waals surface area contributed by atoms with Crippen LogP contribution >= 0.6 is 28.6 Å². The van der Waals surface area contributed by atoms with Crippen LogP contribution in [0.2, 0.25) is 0 Å². The van der Waals surface area contributed by atoms with E-state index in [0.29, 0.717) is 11.1 Å². The molecule has 0 spiro atoms. The third-order valence-electron chi connectivity index (χ3n) is 3.90. The average Bonchev–Trinajstić information content (AvgIpc) is 2.72. The Hall–Kier alpha value is -3.59. The summed E-state index contributed by atoms with van der Waals surface area (Å²) in [6, 6.07) is 16.0. The fraction of sp³-hybridized carbons (Fsp3) is 0. The van der Waals surface area contributed by atoms with Crippen molar-refractivity contribution in [1.82, 2.24) is 0 Å². The van der Waals surface area contributed by atoms with Gasteiger partial charge in [0.2, 0.25) is 0 Å². The summed E-state index contributed by atoms with van der Waals surface area (Å²) in [6.07, 6.45) is 0. The number of benzene rings is 3. The van der Waals surface area contributed by atoms with Crippen LogP contribution in [0.1, 0.15) is 22.3 Å². The summed E-state index contributed by atoms with van der Waals surface area (Å²) in [4.78, 5) is 22.5. The summed E-state index contributed by atoms with van der Waals surface area (Å²) in [5.74, 6) is 10.9. The first-order valence-electron chi connectivity index (χ1n) is 8.39. The summed E-state index contributed by atoms with van der Waals surface area (Å²) in [6.45, 7) is 0. The SMILES string of the molecule is O=[N+]([O-])c1cc(C#Cc2ccc(Br)cc2)c([N+](=O)[O-])cc1C#Cc1ccc(S)cc1. The smallest absolute Gasteiger partial charge is 0.258 e. The lowest BCUT2D eigenvalue weighted by molar-refractivity contribution is -0.389. The van der Waals surface area contributed by atoms with Gasteiger partial charge in [-0.3, -0.25) is 20.2 Å². The Morgan fingerprint density at radius 1 is 0.700 bits per heavy atom. The largest absolute Gasteiger partial charge is 0.286 e. The molecular formula is C22H11BrN2O4S. The summed E-state index contributed by atoms with van der Waals surface area (Å²) >= 11 is 7.50. The van der Waals surface area contributed by atoms with Gasteiger partial charge in [-0.1, -0.05) is 39.6 Å². The second-order valence-corrected chi connectivity index (χ2v) is 7.39. The summed E-state index contributed by atoms with van der Waals surface area (Å²) < 4.78 is 0.863. The second-order valence-electron chi connectivity index (χ2n) is 5.95. The topological polar surface area (TPSA) is 86.3 Å². The van der Waals surface area contributed by atoms with Crippen LogP contribution in [0.4, 0.5) is 11.4 Å². The minimum Gasteiger partial charge on any atom is -0.258 e. The highest BCUT2D eigenvalue weighted by atomic mass is 79.9. The van der Waals surface area contributed by atoms with Crippen LogP contribution in [-0.2, 0) is 0 Å². The molecule has 0 aliphatic carbocycles. The van der Waals surface area contributed by atoms with Crippen LogP contribution in [0.15, 0.2) is 70.0 Å². The third kappa shape index (κ3) is 5.26. The number of nitro benzene ring substituents is 2. The number of nitrogens with zero attached hydrogens (tertiary/aromatic N) is 2. The summed E-state index contributed by atoms with van der Waals surface area (Å²) in [5.41, 5.74) is 0.408. The average molecular weight is 479 g/mol. The van der Waals surface area contributed by atoms with Crippen molar-refractivity contribution in [3.8, 4) is 23.7 Å². The Bertz CT molecular complexity index is 1160. The molecule has 3 aromatic rings. The molecule has 0 saturated carbocycles. The number of rotatable bonds is 2. The third-order valence-corrected chi connectivity index (χ3v) is 4.73. The van der Waals surface area contributed by atoms with Crippen LogP contribution in [0.25, 0.3) is 0 Å². The Morgan fingerprint density at radius 2 is 1.10 bits per heavy atom. The van der Waals surface area contributed by atoms with E-state index in [-0.39, 0.29) is 22.5 Å². The standard InChI is InChI=1S/C22H11BrN2O4S/c23-19-9-3-15(4-10-19)1-7-17-13-22(25(28)29)18(14-21(17)24(26)27)8-2-16-5-11-20(30)12-6-16/h3-6,9-14,30H. The first-order valence-corrected chi connectivity index (χ1v) is 9.63. The molecule has 0 fully saturated rings. The minimum atomic E-state index is -0.630. The minimum absolute atomic E-state index is 0.0559. The van der Waals surface area contributed by atoms with E-state index in [1.165, 1.54) is 0 Å². The molecule has 0 aliphatic rings. The lowest BCUT2D eigenvalue weighted by Crippen LogP contribution is -1.99. The number of thiol groups is 1. The molecule has 6 nitrogen and oxygen atoms in total. The molecule has 0 N–H and O–H groups in total. The van der Waals surface area contributed by atoms with Gasteiger partial charge in [-0.15, -0.1) is 12.6 Å². The molecule has 0 aliphatic heterocycles. The highest BCUT2D eigenvalue weighted by Crippen LogP contribution is 2.28. The van der Waals surface area contributed by atoms with Gasteiger partial charge < -0.3 is 0 Å². The lowest BCUT2D eigenvalue weighted by Gasteiger charge is -2.00. The van der Waals surface area contributed by atoms with Gasteiger partial charge in [0, 0.05) is 32.6 Å². The molecule has 0 atom stereocenters. The first kappa shape index (κ1) is 21.1. The van der Waals surface area contributed by atoms with Crippen molar-refractivity contribution >= 4 is 39.9 Å². The maximum Gasteiger partial charge on any atom is 0.286 e. The van der Waals surface area contributed by atoms with Gasteiger partial charge in [-0.2, -0.15) is 0 Å². The van der Waals surface area contributed by atoms with E-state index in [9.17, 15) is 20.2 Å². The van der Waals surface area contributed by atoms with E-state index in [1.807, 2.05) is 0 Å². The molecule has 0 bridgehead atoms. The molecule has 0 unspecified atom stereocenters. The van der Waals surface area contributed by atoms with E-state index in [4.69, 9.17) is 0 Å². The fourth-order valence-corrected chi connectivity index (χ4v) is 2.85. The Morgan fingerprint density at radius 3 is 1.50 bits per heavy atom. The van der Waals surface area contributed by atoms with E-state index in [0.717, 1.165) is 21.5 Å². The van der Waals surface area contributed by atoms with E-state index in [1.54, 1.807) is 48.5 Å². The highest BCUT2D eigenvalue weighted by molar-refractivity contribution is 9.10. The van der Waals surface area contributed by atoms with Crippen molar-refractivity contribution in [2.75, 3.05) is 0 Å². The number of hydrogen-bond acceptors (Lipinski definition) is 5. The molecule has 0 heterocycles. The van der Waals surface area contributed by atoms with E-state index < -0.39 is 9.85 Å². The van der Waals surface area contributed by atoms with Crippen molar-refractivity contribution in [2.45, 2.75) is 4.90 Å². The zero-order chi connectivity index (χ0) is 21.7. The van der Waals surface area contributed by atoms with Crippen molar-refractivity contribution in [2.24, 2.45) is 0 Å². The molecule has 0 aromatic heterocycles. The zero-order valence-corrected chi connectivity index (χ0v) is 17.6. The molecule has 146 valence electrons. The molecule has 0 amide bonds. The Kier molecular flexibility index (Phi) is 6.53. The molecule has 30 heavy (non-hydrogen) atoms. The fourth-order valence-electron chi connectivity index (χ4n) is 2.44. The number of nitro groups is 2. The highest BCUT2D eigenvalue weighted by Gasteiger charge is 2.22. The van der Waals surface area contributed by atoms with Gasteiger partial charge in [-0.25, -0.2) is 0 Å². The number of hydrogen-bond donors (Lipinski definition) is 1. The second kappa shape index (κ2) is 9.27. The summed E-state index contributed by atoms with van der Waals surface area (Å²) in [7, 11) is 0. The first-order chi connectivity index (χ1) is 14.3. The van der Waals surface area contributed by atoms with Gasteiger partial charge in [0.25, 0.3) is 11.4 Å². The molecule has 0 saturated heterocycles. The van der Waals surface area contributed by atoms with Gasteiger partial charge >= 0.3 is 0 Å². The predicted octanol–water partition coefficient (Wildman–Crippen LogP) is 5.35. The van der Waals surface area contributed by atoms with E-state index >= 15 is 0 Å². The molecule has 0 radical (unpaired) electrons. The molecule has 8 heteroatoms. The van der Waals surface area contributed by atoms with Crippen LogP contribution in [0.3, 0.4) is 0 Å². The quantitative estimate of drug-likeness (QED) is 0.232. The van der Waals surface area contributed by atoms with E-state index in [2.05, 4.69) is 52.2 Å². The van der Waals surface area contributed by atoms with Crippen LogP contribution in [-0.4, -0.2) is 9.85 Å². The Balaban J connectivity index is 2.09. The van der Waals surface area contributed by atoms with Gasteiger partial charge in [0.15, 0.2) is 0 Å². The van der Waals surface area contributed by atoms with Gasteiger partial charge in [0.05, 0.1) is 9.85 Å². The normalized spacial score (nSPS) is 9.67. The maximum absolute atomic E-state index is 11.5. The zero-order valence-electron chi connectivity index (χ0n) is 15.1. The van der Waals surface area contributed by atoms with Gasteiger partial charge in [0.1, 0.15) is 11.1 Å². The van der Waals surface area contributed by atoms with Crippen molar-refractivity contribution in [1.29, 1.82) is 0 Å². The maximum atomic E-state index is 11.5. The van der Waals surface area contributed by atoms with Crippen LogP contribution in [0, 0.1) is 43.9 Å². The lowest BCUT2D eigenvalue weighted by atomic mass is 10.1. The van der Waals surface area contributed by atoms with Crippen molar-refractivity contribution in [3.05, 3.63) is 108 Å². The van der Waals surface area contributed by atoms with Crippen molar-refractivity contribution < 1.29 is 9.85 Å². The monoisotopic (exact) mass is 478 g/mol. The number of halogens is 1. The Labute approximate surface area is 185 Å². The van der Waals surface area contributed by atoms with Crippen molar-refractivity contribution in [3.63, 3.8) is 0 Å². The molecule has 3 aromatic carbocycles. The molecular weight excluding hydrogens is 468 g/mol.